The summed E-state index contributed by atoms with van der Waals surface area (Å²) in [6.07, 6.45) is 3.58. The summed E-state index contributed by atoms with van der Waals surface area (Å²) in [5, 5.41) is 2.82. The fraction of sp³-hybridized carbons (Fsp3) is 0.778. The molecule has 0 heterocycles. The molecule has 0 aliphatic carbocycles. The van der Waals surface area contributed by atoms with Crippen molar-refractivity contribution < 1.29 is 9.59 Å². The molecule has 3 heteroatoms. The van der Waals surface area contributed by atoms with Crippen molar-refractivity contribution in [1.82, 2.24) is 5.32 Å². The van der Waals surface area contributed by atoms with Crippen LogP contribution >= 0.6 is 0 Å². The summed E-state index contributed by atoms with van der Waals surface area (Å²) < 4.78 is 0. The minimum Gasteiger partial charge on any atom is -0.354 e. The van der Waals surface area contributed by atoms with Crippen LogP contribution in [-0.4, -0.2) is 18.2 Å². The fourth-order valence-electron chi connectivity index (χ4n) is 0.964. The van der Waals surface area contributed by atoms with Crippen molar-refractivity contribution in [2.45, 2.75) is 45.6 Å². The van der Waals surface area contributed by atoms with Crippen LogP contribution < -0.4 is 5.32 Å². The van der Waals surface area contributed by atoms with Crippen LogP contribution in [0.5, 0.6) is 0 Å². The number of amides is 1. The molecule has 12 heavy (non-hydrogen) atoms. The van der Waals surface area contributed by atoms with Crippen LogP contribution in [0.15, 0.2) is 0 Å². The highest BCUT2D eigenvalue weighted by molar-refractivity contribution is 5.76. The number of carbonyl (C=O) groups is 2. The van der Waals surface area contributed by atoms with E-state index in [0.29, 0.717) is 12.8 Å². The predicted molar refractivity (Wildman–Crippen MR) is 47.8 cm³/mol. The van der Waals surface area contributed by atoms with Crippen LogP contribution in [0.2, 0.25) is 0 Å². The van der Waals surface area contributed by atoms with Crippen molar-refractivity contribution in [2.24, 2.45) is 0 Å². The maximum atomic E-state index is 11.0. The highest BCUT2D eigenvalue weighted by Gasteiger charge is 2.04. The second kappa shape index (κ2) is 6.83. The first-order valence-corrected chi connectivity index (χ1v) is 4.43. The SMILES string of the molecule is CCCC(=O)NC(C)CCC=O. The summed E-state index contributed by atoms with van der Waals surface area (Å²) >= 11 is 0. The number of hydrogen-bond acceptors (Lipinski definition) is 2. The van der Waals surface area contributed by atoms with E-state index in [9.17, 15) is 9.59 Å². The zero-order chi connectivity index (χ0) is 9.40. The predicted octanol–water partition coefficient (Wildman–Crippen LogP) is 1.27. The van der Waals surface area contributed by atoms with E-state index in [1.165, 1.54) is 0 Å². The Morgan fingerprint density at radius 1 is 1.58 bits per heavy atom. The van der Waals surface area contributed by atoms with Gasteiger partial charge in [-0.1, -0.05) is 6.92 Å². The summed E-state index contributed by atoms with van der Waals surface area (Å²) in [4.78, 5) is 21.0. The summed E-state index contributed by atoms with van der Waals surface area (Å²) in [5.41, 5.74) is 0. The molecule has 1 atom stereocenters. The van der Waals surface area contributed by atoms with Gasteiger partial charge in [-0.05, 0) is 19.8 Å². The van der Waals surface area contributed by atoms with Crippen LogP contribution in [0.4, 0.5) is 0 Å². The van der Waals surface area contributed by atoms with Crippen LogP contribution in [0.1, 0.15) is 39.5 Å². The fourth-order valence-corrected chi connectivity index (χ4v) is 0.964. The second-order valence-electron chi connectivity index (χ2n) is 2.96. The molecule has 0 rings (SSSR count). The molecule has 0 saturated carbocycles. The maximum Gasteiger partial charge on any atom is 0.220 e. The average molecular weight is 171 g/mol. The molecule has 0 aromatic carbocycles. The van der Waals surface area contributed by atoms with Crippen molar-refractivity contribution in [3.05, 3.63) is 0 Å². The highest BCUT2D eigenvalue weighted by Crippen LogP contribution is 1.95. The molecule has 0 fully saturated rings. The lowest BCUT2D eigenvalue weighted by molar-refractivity contribution is -0.122. The topological polar surface area (TPSA) is 46.2 Å². The van der Waals surface area contributed by atoms with Gasteiger partial charge >= 0.3 is 0 Å². The Hall–Kier alpha value is -0.860. The molecule has 0 aliphatic rings. The monoisotopic (exact) mass is 171 g/mol. The molecule has 0 bridgehead atoms. The van der Waals surface area contributed by atoms with Gasteiger partial charge in [0.05, 0.1) is 0 Å². The first-order chi connectivity index (χ1) is 5.70. The quantitative estimate of drug-likeness (QED) is 0.612. The number of nitrogens with one attached hydrogen (secondary N) is 1. The van der Waals surface area contributed by atoms with E-state index in [-0.39, 0.29) is 11.9 Å². The van der Waals surface area contributed by atoms with Gasteiger partial charge in [0.25, 0.3) is 0 Å². The van der Waals surface area contributed by atoms with Gasteiger partial charge in [0.2, 0.25) is 5.91 Å². The van der Waals surface area contributed by atoms with Crippen molar-refractivity contribution in [3.8, 4) is 0 Å². The van der Waals surface area contributed by atoms with Crippen molar-refractivity contribution in [3.63, 3.8) is 0 Å². The van der Waals surface area contributed by atoms with E-state index in [0.717, 1.165) is 19.1 Å². The van der Waals surface area contributed by atoms with Gasteiger partial charge in [0.1, 0.15) is 6.29 Å². The molecule has 0 aliphatic heterocycles. The number of carbonyl (C=O) groups excluding carboxylic acids is 2. The molecule has 0 saturated heterocycles. The van der Waals surface area contributed by atoms with Gasteiger partial charge in [0.15, 0.2) is 0 Å². The zero-order valence-electron chi connectivity index (χ0n) is 7.80. The minimum atomic E-state index is 0.0795. The normalized spacial score (nSPS) is 12.2. The summed E-state index contributed by atoms with van der Waals surface area (Å²) in [6, 6.07) is 0.120. The summed E-state index contributed by atoms with van der Waals surface area (Å²) in [6.45, 7) is 3.88. The first kappa shape index (κ1) is 11.1. The first-order valence-electron chi connectivity index (χ1n) is 4.43. The summed E-state index contributed by atoms with van der Waals surface area (Å²) in [5.74, 6) is 0.0795. The molecule has 0 radical (unpaired) electrons. The summed E-state index contributed by atoms with van der Waals surface area (Å²) in [7, 11) is 0. The maximum absolute atomic E-state index is 11.0. The largest absolute Gasteiger partial charge is 0.354 e. The Labute approximate surface area is 73.5 Å². The van der Waals surface area contributed by atoms with E-state index in [1.54, 1.807) is 0 Å². The highest BCUT2D eigenvalue weighted by atomic mass is 16.1. The van der Waals surface area contributed by atoms with Crippen molar-refractivity contribution >= 4 is 12.2 Å². The van der Waals surface area contributed by atoms with Gasteiger partial charge in [-0.15, -0.1) is 0 Å². The second-order valence-corrected chi connectivity index (χ2v) is 2.96. The van der Waals surface area contributed by atoms with Gasteiger partial charge in [0, 0.05) is 18.9 Å². The Kier molecular flexibility index (Phi) is 6.34. The van der Waals surface area contributed by atoms with Crippen LogP contribution in [0, 0.1) is 0 Å². The molecule has 0 aromatic rings. The van der Waals surface area contributed by atoms with Crippen LogP contribution in [0.3, 0.4) is 0 Å². The number of hydrogen-bond donors (Lipinski definition) is 1. The third-order valence-electron chi connectivity index (χ3n) is 1.60. The molecule has 1 amide bonds. The van der Waals surface area contributed by atoms with E-state index < -0.39 is 0 Å². The van der Waals surface area contributed by atoms with E-state index in [1.807, 2.05) is 13.8 Å². The minimum absolute atomic E-state index is 0.0795. The van der Waals surface area contributed by atoms with Crippen molar-refractivity contribution in [1.29, 1.82) is 0 Å². The third-order valence-corrected chi connectivity index (χ3v) is 1.60. The lowest BCUT2D eigenvalue weighted by Crippen LogP contribution is -2.32. The Morgan fingerprint density at radius 2 is 2.25 bits per heavy atom. The molecule has 0 spiro atoms. The van der Waals surface area contributed by atoms with E-state index in [2.05, 4.69) is 5.32 Å². The van der Waals surface area contributed by atoms with E-state index in [4.69, 9.17) is 0 Å². The molecule has 1 unspecified atom stereocenters. The molecular formula is C9H17NO2. The van der Waals surface area contributed by atoms with Crippen LogP contribution in [-0.2, 0) is 9.59 Å². The van der Waals surface area contributed by atoms with Gasteiger partial charge in [-0.25, -0.2) is 0 Å². The molecule has 0 aromatic heterocycles. The lowest BCUT2D eigenvalue weighted by atomic mass is 10.2. The van der Waals surface area contributed by atoms with Gasteiger partial charge < -0.3 is 10.1 Å². The zero-order valence-corrected chi connectivity index (χ0v) is 7.80. The van der Waals surface area contributed by atoms with Gasteiger partial charge in [-0.2, -0.15) is 0 Å². The average Bonchev–Trinajstić information content (AvgIpc) is 2.01. The van der Waals surface area contributed by atoms with Gasteiger partial charge in [-0.3, -0.25) is 4.79 Å². The Morgan fingerprint density at radius 3 is 2.75 bits per heavy atom. The standard InChI is InChI=1S/C9H17NO2/c1-3-5-9(12)10-8(2)6-4-7-11/h7-8H,3-6H2,1-2H3,(H,10,12). The third kappa shape index (κ3) is 5.89. The van der Waals surface area contributed by atoms with Crippen LogP contribution in [0.25, 0.3) is 0 Å². The number of aldehydes is 1. The molecule has 70 valence electrons. The lowest BCUT2D eigenvalue weighted by Gasteiger charge is -2.11. The number of rotatable bonds is 6. The van der Waals surface area contributed by atoms with E-state index >= 15 is 0 Å². The van der Waals surface area contributed by atoms with Crippen molar-refractivity contribution in [2.75, 3.05) is 0 Å². The molecule has 3 nitrogen and oxygen atoms in total. The Balaban J connectivity index is 3.46. The molecular weight excluding hydrogens is 154 g/mol. The smallest absolute Gasteiger partial charge is 0.220 e. The molecule has 1 N–H and O–H groups in total. The Bertz CT molecular complexity index is 145.